The zero-order chi connectivity index (χ0) is 24.9. The number of rotatable bonds is 7. The minimum Gasteiger partial charge on any atom is -0.399 e. The molecule has 0 bridgehead atoms. The van der Waals surface area contributed by atoms with Gasteiger partial charge in [-0.2, -0.15) is 16.8 Å². The number of carbonyl (C=O) groups is 1. The van der Waals surface area contributed by atoms with E-state index in [4.69, 9.17) is 5.73 Å². The lowest BCUT2D eigenvalue weighted by atomic mass is 10.1. The molecule has 0 saturated heterocycles. The molecular weight excluding hydrogens is 480 g/mol. The molecule has 5 N–H and O–H groups in total. The number of hydrogen-bond donors (Lipinski definition) is 4. The second-order valence-corrected chi connectivity index (χ2v) is 9.85. The predicted octanol–water partition coefficient (Wildman–Crippen LogP) is 3.58. The first kappa shape index (κ1) is 24.9. The van der Waals surface area contributed by atoms with Crippen LogP contribution in [0.2, 0.25) is 0 Å². The molecule has 0 fully saturated rings. The predicted molar refractivity (Wildman–Crippen MR) is 130 cm³/mol. The molecule has 3 aromatic rings. The highest BCUT2D eigenvalue weighted by molar-refractivity contribution is 7.86. The smallest absolute Gasteiger partial charge is 0.295 e. The van der Waals surface area contributed by atoms with Crippen molar-refractivity contribution in [3.8, 4) is 0 Å². The molecule has 0 unspecified atom stereocenters. The van der Waals surface area contributed by atoms with Crippen LogP contribution >= 0.6 is 0 Å². The minimum absolute atomic E-state index is 0.0124. The third kappa shape index (κ3) is 6.62. The van der Waals surface area contributed by atoms with E-state index in [0.717, 1.165) is 17.7 Å². The van der Waals surface area contributed by atoms with Crippen molar-refractivity contribution in [3.05, 3.63) is 89.5 Å². The minimum atomic E-state index is -4.70. The van der Waals surface area contributed by atoms with Gasteiger partial charge >= 0.3 is 0 Å². The molecular formula is C23H20N2O7S2. The summed E-state index contributed by atoms with van der Waals surface area (Å²) in [7, 11) is -9.30. The summed E-state index contributed by atoms with van der Waals surface area (Å²) >= 11 is 0. The molecule has 3 aromatic carbocycles. The molecule has 11 heteroatoms. The van der Waals surface area contributed by atoms with Crippen molar-refractivity contribution in [2.75, 3.05) is 11.1 Å². The van der Waals surface area contributed by atoms with E-state index in [9.17, 15) is 30.7 Å². The van der Waals surface area contributed by atoms with Crippen molar-refractivity contribution in [2.24, 2.45) is 0 Å². The molecule has 34 heavy (non-hydrogen) atoms. The van der Waals surface area contributed by atoms with E-state index in [-0.39, 0.29) is 22.5 Å². The van der Waals surface area contributed by atoms with Crippen LogP contribution in [-0.2, 0) is 25.0 Å². The molecule has 0 aliphatic heterocycles. The van der Waals surface area contributed by atoms with Gasteiger partial charge in [-0.05, 0) is 47.0 Å². The SMILES string of the molecule is Nc1ccc(/C=C/c2ccc(NC(=O)/C=C/c3ccccc3)cc2S(=O)(=O)O)c(S(=O)(=O)O)c1. The van der Waals surface area contributed by atoms with Gasteiger partial charge in [-0.3, -0.25) is 13.9 Å². The van der Waals surface area contributed by atoms with Crippen LogP contribution in [0.25, 0.3) is 18.2 Å². The number of benzene rings is 3. The lowest BCUT2D eigenvalue weighted by Crippen LogP contribution is -2.09. The molecule has 0 heterocycles. The highest BCUT2D eigenvalue weighted by Gasteiger charge is 2.17. The van der Waals surface area contributed by atoms with Gasteiger partial charge in [0.1, 0.15) is 9.79 Å². The summed E-state index contributed by atoms with van der Waals surface area (Å²) in [4.78, 5) is 11.2. The molecule has 0 saturated carbocycles. The summed E-state index contributed by atoms with van der Waals surface area (Å²) in [6.45, 7) is 0. The topological polar surface area (TPSA) is 164 Å². The summed E-state index contributed by atoms with van der Waals surface area (Å²) < 4.78 is 66.2. The van der Waals surface area contributed by atoms with Gasteiger partial charge in [0.15, 0.2) is 0 Å². The molecule has 176 valence electrons. The Labute approximate surface area is 196 Å². The Kier molecular flexibility index (Phi) is 7.32. The molecule has 0 spiro atoms. The Morgan fingerprint density at radius 2 is 1.32 bits per heavy atom. The second kappa shape index (κ2) is 10.0. The average Bonchev–Trinajstić information content (AvgIpc) is 2.77. The van der Waals surface area contributed by atoms with Gasteiger partial charge in [0.05, 0.1) is 0 Å². The number of anilines is 2. The summed E-state index contributed by atoms with van der Waals surface area (Å²) in [6.07, 6.45) is 5.33. The second-order valence-electron chi connectivity index (χ2n) is 7.07. The van der Waals surface area contributed by atoms with E-state index in [1.165, 1.54) is 42.5 Å². The van der Waals surface area contributed by atoms with E-state index >= 15 is 0 Å². The normalized spacial score (nSPS) is 12.3. The number of nitrogens with one attached hydrogen (secondary N) is 1. The van der Waals surface area contributed by atoms with Crippen molar-refractivity contribution < 1.29 is 30.7 Å². The fraction of sp³-hybridized carbons (Fsp3) is 0. The van der Waals surface area contributed by atoms with Gasteiger partial charge in [-0.1, -0.05) is 54.6 Å². The van der Waals surface area contributed by atoms with Gasteiger partial charge < -0.3 is 11.1 Å². The molecule has 0 aromatic heterocycles. The average molecular weight is 501 g/mol. The van der Waals surface area contributed by atoms with E-state index in [0.29, 0.717) is 0 Å². The van der Waals surface area contributed by atoms with Crippen LogP contribution < -0.4 is 11.1 Å². The molecule has 0 aliphatic carbocycles. The van der Waals surface area contributed by atoms with E-state index in [1.54, 1.807) is 18.2 Å². The van der Waals surface area contributed by atoms with E-state index in [1.807, 2.05) is 18.2 Å². The lowest BCUT2D eigenvalue weighted by molar-refractivity contribution is -0.111. The number of nitrogens with two attached hydrogens (primary N) is 1. The van der Waals surface area contributed by atoms with Gasteiger partial charge in [0, 0.05) is 17.5 Å². The first-order valence-electron chi connectivity index (χ1n) is 9.64. The van der Waals surface area contributed by atoms with E-state index < -0.39 is 35.9 Å². The Bertz CT molecular complexity index is 1500. The quantitative estimate of drug-likeness (QED) is 0.165. The summed E-state index contributed by atoms with van der Waals surface area (Å²) in [5, 5.41) is 2.51. The first-order valence-corrected chi connectivity index (χ1v) is 12.5. The zero-order valence-electron chi connectivity index (χ0n) is 17.5. The summed E-state index contributed by atoms with van der Waals surface area (Å²) in [5.41, 5.74) is 6.63. The number of carbonyl (C=O) groups excluding carboxylic acids is 1. The van der Waals surface area contributed by atoms with Crippen LogP contribution in [0.5, 0.6) is 0 Å². The molecule has 0 aliphatic rings. The fourth-order valence-corrected chi connectivity index (χ4v) is 4.41. The fourth-order valence-electron chi connectivity index (χ4n) is 2.98. The lowest BCUT2D eigenvalue weighted by Gasteiger charge is -2.08. The highest BCUT2D eigenvalue weighted by Crippen LogP contribution is 2.25. The standard InChI is InChI=1S/C23H20N2O7S2/c24-19-11-9-17(21(14-19)33(27,28)29)7-8-18-10-12-20(15-22(18)34(30,31)32)25-23(26)13-6-16-4-2-1-3-5-16/h1-15H,24H2,(H,25,26)(H,27,28,29)(H,30,31,32)/b8-7+,13-6+. The van der Waals surface area contributed by atoms with Crippen LogP contribution in [0.3, 0.4) is 0 Å². The number of hydrogen-bond acceptors (Lipinski definition) is 6. The molecule has 9 nitrogen and oxygen atoms in total. The third-order valence-electron chi connectivity index (χ3n) is 4.54. The molecule has 1 amide bonds. The van der Waals surface area contributed by atoms with Crippen LogP contribution in [0, 0.1) is 0 Å². The largest absolute Gasteiger partial charge is 0.399 e. The van der Waals surface area contributed by atoms with Crippen LogP contribution in [0.1, 0.15) is 16.7 Å². The van der Waals surface area contributed by atoms with Crippen molar-refractivity contribution in [2.45, 2.75) is 9.79 Å². The Morgan fingerprint density at radius 1 is 0.765 bits per heavy atom. The number of nitrogen functional groups attached to an aromatic ring is 1. The van der Waals surface area contributed by atoms with E-state index in [2.05, 4.69) is 5.32 Å². The van der Waals surface area contributed by atoms with Crippen molar-refractivity contribution >= 4 is 55.7 Å². The molecule has 0 atom stereocenters. The van der Waals surface area contributed by atoms with Gasteiger partial charge in [-0.15, -0.1) is 0 Å². The van der Waals surface area contributed by atoms with Crippen molar-refractivity contribution in [1.82, 2.24) is 0 Å². The Morgan fingerprint density at radius 3 is 1.91 bits per heavy atom. The Hall–Kier alpha value is -3.77. The van der Waals surface area contributed by atoms with Crippen molar-refractivity contribution in [3.63, 3.8) is 0 Å². The molecule has 0 radical (unpaired) electrons. The zero-order valence-corrected chi connectivity index (χ0v) is 19.1. The van der Waals surface area contributed by atoms with Crippen LogP contribution in [-0.4, -0.2) is 31.8 Å². The van der Waals surface area contributed by atoms with Crippen LogP contribution in [0.4, 0.5) is 11.4 Å². The van der Waals surface area contributed by atoms with Gasteiger partial charge in [0.25, 0.3) is 20.2 Å². The summed E-state index contributed by atoms with van der Waals surface area (Å²) in [5.74, 6) is -0.520. The third-order valence-corrected chi connectivity index (χ3v) is 6.36. The number of amides is 1. The Balaban J connectivity index is 1.91. The molecule has 3 rings (SSSR count). The maximum absolute atomic E-state index is 12.2. The maximum atomic E-state index is 12.2. The van der Waals surface area contributed by atoms with Gasteiger partial charge in [0.2, 0.25) is 5.91 Å². The first-order chi connectivity index (χ1) is 15.9. The van der Waals surface area contributed by atoms with Crippen molar-refractivity contribution in [1.29, 1.82) is 0 Å². The van der Waals surface area contributed by atoms with Crippen LogP contribution in [0.15, 0.2) is 82.6 Å². The summed E-state index contributed by atoms with van der Waals surface area (Å²) in [6, 6.07) is 16.6. The maximum Gasteiger partial charge on any atom is 0.295 e. The highest BCUT2D eigenvalue weighted by atomic mass is 32.2. The van der Waals surface area contributed by atoms with Gasteiger partial charge in [-0.25, -0.2) is 0 Å². The monoisotopic (exact) mass is 500 g/mol.